The molecule has 7 heteroatoms. The zero-order chi connectivity index (χ0) is 16.2. The lowest BCUT2D eigenvalue weighted by Crippen LogP contribution is -2.44. The molecule has 0 aliphatic carbocycles. The van der Waals surface area contributed by atoms with E-state index in [1.807, 2.05) is 31.2 Å². The Morgan fingerprint density at radius 3 is 2.91 bits per heavy atom. The molecule has 0 saturated heterocycles. The minimum Gasteiger partial charge on any atom is -0.486 e. The van der Waals surface area contributed by atoms with Crippen LogP contribution in [0.5, 0.6) is 11.5 Å². The number of hydrogen-bond donors (Lipinski definition) is 1. The van der Waals surface area contributed by atoms with Gasteiger partial charge in [-0.1, -0.05) is 17.3 Å². The summed E-state index contributed by atoms with van der Waals surface area (Å²) in [6.45, 7) is 2.97. The number of rotatable bonds is 4. The molecule has 2 aromatic rings. The summed E-state index contributed by atoms with van der Waals surface area (Å²) < 4.78 is 16.4. The molecule has 2 heterocycles. The number of para-hydroxylation sites is 2. The molecule has 1 aliphatic rings. The molecule has 1 aromatic carbocycles. The Hall–Kier alpha value is -2.70. The van der Waals surface area contributed by atoms with Crippen LogP contribution in [0.15, 0.2) is 34.9 Å². The third-order valence-corrected chi connectivity index (χ3v) is 3.47. The van der Waals surface area contributed by atoms with Gasteiger partial charge in [0, 0.05) is 13.1 Å². The molecular weight excluding hydrogens is 298 g/mol. The van der Waals surface area contributed by atoms with Crippen LogP contribution in [0.2, 0.25) is 0 Å². The number of carbonyl (C=O) groups is 1. The van der Waals surface area contributed by atoms with Gasteiger partial charge in [-0.2, -0.15) is 0 Å². The van der Waals surface area contributed by atoms with Crippen molar-refractivity contribution in [2.75, 3.05) is 20.2 Å². The molecule has 7 nitrogen and oxygen atoms in total. The lowest BCUT2D eigenvalue weighted by atomic mass is 10.2. The van der Waals surface area contributed by atoms with E-state index in [1.54, 1.807) is 13.1 Å². The third-order valence-electron chi connectivity index (χ3n) is 3.47. The highest BCUT2D eigenvalue weighted by molar-refractivity contribution is 5.73. The molecule has 1 aliphatic heterocycles. The molecule has 1 aromatic heterocycles. The van der Waals surface area contributed by atoms with Crippen molar-refractivity contribution < 1.29 is 18.8 Å². The number of aryl methyl sites for hydroxylation is 1. The molecule has 122 valence electrons. The van der Waals surface area contributed by atoms with E-state index in [1.165, 1.54) is 4.90 Å². The van der Waals surface area contributed by atoms with E-state index in [4.69, 9.17) is 14.0 Å². The van der Waals surface area contributed by atoms with Gasteiger partial charge in [0.1, 0.15) is 18.1 Å². The number of ether oxygens (including phenoxy) is 2. The van der Waals surface area contributed by atoms with Crippen molar-refractivity contribution in [3.63, 3.8) is 0 Å². The Bertz CT molecular complexity index is 685. The van der Waals surface area contributed by atoms with Crippen molar-refractivity contribution in [3.8, 4) is 11.5 Å². The van der Waals surface area contributed by atoms with Gasteiger partial charge in [-0.3, -0.25) is 0 Å². The van der Waals surface area contributed by atoms with E-state index >= 15 is 0 Å². The van der Waals surface area contributed by atoms with Gasteiger partial charge >= 0.3 is 6.03 Å². The lowest BCUT2D eigenvalue weighted by molar-refractivity contribution is 0.0904. The van der Waals surface area contributed by atoms with Crippen LogP contribution in [0, 0.1) is 6.92 Å². The number of nitrogens with zero attached hydrogens (tertiary/aromatic N) is 2. The van der Waals surface area contributed by atoms with E-state index in [0.29, 0.717) is 31.1 Å². The monoisotopic (exact) mass is 317 g/mol. The molecule has 1 unspecified atom stereocenters. The van der Waals surface area contributed by atoms with Crippen molar-refractivity contribution in [2.45, 2.75) is 19.6 Å². The van der Waals surface area contributed by atoms with Gasteiger partial charge in [-0.15, -0.1) is 0 Å². The molecule has 3 rings (SSSR count). The highest BCUT2D eigenvalue weighted by atomic mass is 16.6. The van der Waals surface area contributed by atoms with Crippen LogP contribution in [0.3, 0.4) is 0 Å². The van der Waals surface area contributed by atoms with Crippen LogP contribution < -0.4 is 14.8 Å². The highest BCUT2D eigenvalue weighted by Crippen LogP contribution is 2.30. The molecule has 23 heavy (non-hydrogen) atoms. The normalized spacial score (nSPS) is 16.0. The minimum absolute atomic E-state index is 0.201. The van der Waals surface area contributed by atoms with E-state index in [9.17, 15) is 4.79 Å². The predicted octanol–water partition coefficient (Wildman–Crippen LogP) is 1.96. The Morgan fingerprint density at radius 2 is 2.17 bits per heavy atom. The topological polar surface area (TPSA) is 76.8 Å². The summed E-state index contributed by atoms with van der Waals surface area (Å²) in [5.41, 5.74) is 0.714. The van der Waals surface area contributed by atoms with Gasteiger partial charge in [-0.25, -0.2) is 4.79 Å². The summed E-state index contributed by atoms with van der Waals surface area (Å²) in [5, 5.41) is 6.71. The van der Waals surface area contributed by atoms with Crippen molar-refractivity contribution in [2.24, 2.45) is 0 Å². The Labute approximate surface area is 134 Å². The van der Waals surface area contributed by atoms with Gasteiger partial charge in [0.2, 0.25) is 0 Å². The largest absolute Gasteiger partial charge is 0.486 e. The van der Waals surface area contributed by atoms with Gasteiger partial charge in [-0.05, 0) is 19.1 Å². The third kappa shape index (κ3) is 3.74. The second-order valence-electron chi connectivity index (χ2n) is 5.47. The number of carbonyl (C=O) groups excluding carboxylic acids is 1. The van der Waals surface area contributed by atoms with Crippen LogP contribution in [0.25, 0.3) is 0 Å². The number of aromatic nitrogens is 1. The Balaban J connectivity index is 1.47. The van der Waals surface area contributed by atoms with Gasteiger partial charge < -0.3 is 24.2 Å². The summed E-state index contributed by atoms with van der Waals surface area (Å²) in [7, 11) is 1.70. The SMILES string of the molecule is Cc1cc(CN(C)C(=O)NCC2COc3ccccc3O2)no1. The first kappa shape index (κ1) is 15.2. The minimum atomic E-state index is -0.212. The van der Waals surface area contributed by atoms with Crippen molar-refractivity contribution in [3.05, 3.63) is 41.8 Å². The number of benzene rings is 1. The zero-order valence-electron chi connectivity index (χ0n) is 13.1. The van der Waals surface area contributed by atoms with Gasteiger partial charge in [0.15, 0.2) is 17.6 Å². The molecule has 1 N–H and O–H groups in total. The molecule has 0 bridgehead atoms. The first-order chi connectivity index (χ1) is 11.1. The average molecular weight is 317 g/mol. The number of amides is 2. The van der Waals surface area contributed by atoms with E-state index in [2.05, 4.69) is 10.5 Å². The fourth-order valence-corrected chi connectivity index (χ4v) is 2.31. The second kappa shape index (κ2) is 6.60. The smallest absolute Gasteiger partial charge is 0.317 e. The molecule has 0 fully saturated rings. The standard InChI is InChI=1S/C16H19N3O4/c1-11-7-12(18-23-11)9-19(2)16(20)17-8-13-10-21-14-5-3-4-6-15(14)22-13/h3-7,13H,8-10H2,1-2H3,(H,17,20). The number of urea groups is 1. The summed E-state index contributed by atoms with van der Waals surface area (Å²) >= 11 is 0. The van der Waals surface area contributed by atoms with Crippen molar-refractivity contribution in [1.82, 2.24) is 15.4 Å². The number of fused-ring (bicyclic) bond motifs is 1. The van der Waals surface area contributed by atoms with E-state index in [-0.39, 0.29) is 12.1 Å². The highest BCUT2D eigenvalue weighted by Gasteiger charge is 2.21. The fraction of sp³-hybridized carbons (Fsp3) is 0.375. The van der Waals surface area contributed by atoms with Gasteiger partial charge in [0.25, 0.3) is 0 Å². The van der Waals surface area contributed by atoms with Gasteiger partial charge in [0.05, 0.1) is 13.1 Å². The fourth-order valence-electron chi connectivity index (χ4n) is 2.31. The summed E-state index contributed by atoms with van der Waals surface area (Å²) in [5.74, 6) is 2.15. The second-order valence-corrected chi connectivity index (χ2v) is 5.47. The van der Waals surface area contributed by atoms with Crippen molar-refractivity contribution in [1.29, 1.82) is 0 Å². The van der Waals surface area contributed by atoms with Crippen LogP contribution in [0.4, 0.5) is 4.79 Å². The molecule has 0 spiro atoms. The summed E-state index contributed by atoms with van der Waals surface area (Å²) in [6, 6.07) is 9.09. The summed E-state index contributed by atoms with van der Waals surface area (Å²) in [6.07, 6.45) is -0.212. The predicted molar refractivity (Wildman–Crippen MR) is 82.5 cm³/mol. The van der Waals surface area contributed by atoms with Crippen LogP contribution >= 0.6 is 0 Å². The lowest BCUT2D eigenvalue weighted by Gasteiger charge is -2.27. The zero-order valence-corrected chi connectivity index (χ0v) is 13.1. The molecule has 0 saturated carbocycles. The van der Waals surface area contributed by atoms with Crippen LogP contribution in [-0.2, 0) is 6.54 Å². The maximum absolute atomic E-state index is 12.1. The van der Waals surface area contributed by atoms with Crippen LogP contribution in [0.1, 0.15) is 11.5 Å². The summed E-state index contributed by atoms with van der Waals surface area (Å²) in [4.78, 5) is 13.6. The molecule has 2 amide bonds. The van der Waals surface area contributed by atoms with Crippen LogP contribution in [-0.4, -0.2) is 42.4 Å². The van der Waals surface area contributed by atoms with Crippen molar-refractivity contribution >= 4 is 6.03 Å². The average Bonchev–Trinajstić information content (AvgIpc) is 2.97. The molecule has 1 atom stereocenters. The molecule has 0 radical (unpaired) electrons. The number of hydrogen-bond acceptors (Lipinski definition) is 5. The maximum Gasteiger partial charge on any atom is 0.317 e. The van der Waals surface area contributed by atoms with E-state index in [0.717, 1.165) is 11.5 Å². The first-order valence-corrected chi connectivity index (χ1v) is 7.41. The number of nitrogens with one attached hydrogen (secondary N) is 1. The Kier molecular flexibility index (Phi) is 4.36. The Morgan fingerprint density at radius 1 is 1.39 bits per heavy atom. The maximum atomic E-state index is 12.1. The quantitative estimate of drug-likeness (QED) is 0.933. The first-order valence-electron chi connectivity index (χ1n) is 7.41. The van der Waals surface area contributed by atoms with E-state index < -0.39 is 0 Å². The molecular formula is C16H19N3O4.